The first-order valence-corrected chi connectivity index (χ1v) is 8.44. The molecule has 2 aliphatic heterocycles. The van der Waals surface area contributed by atoms with Crippen LogP contribution in [0.15, 0.2) is 0 Å². The Labute approximate surface area is 122 Å². The second-order valence-electron chi connectivity index (χ2n) is 6.53. The highest BCUT2D eigenvalue weighted by atomic mass is 16.5. The van der Waals surface area contributed by atoms with E-state index in [4.69, 9.17) is 4.74 Å². The van der Waals surface area contributed by atoms with Gasteiger partial charge in [-0.3, -0.25) is 9.69 Å². The zero-order valence-electron chi connectivity index (χ0n) is 12.7. The van der Waals surface area contributed by atoms with Crippen LogP contribution in [0.1, 0.15) is 45.4 Å². The minimum absolute atomic E-state index is 0.179. The number of rotatable bonds is 5. The van der Waals surface area contributed by atoms with Gasteiger partial charge in [0.25, 0.3) is 0 Å². The Bertz CT molecular complexity index is 335. The summed E-state index contributed by atoms with van der Waals surface area (Å²) in [5, 5.41) is 0. The van der Waals surface area contributed by atoms with Crippen LogP contribution in [0.4, 0.5) is 0 Å². The molecule has 4 nitrogen and oxygen atoms in total. The Morgan fingerprint density at radius 2 is 1.90 bits per heavy atom. The highest BCUT2D eigenvalue weighted by molar-refractivity contribution is 5.82. The number of hydrogen-bond donors (Lipinski definition) is 0. The molecule has 0 radical (unpaired) electrons. The van der Waals surface area contributed by atoms with Gasteiger partial charge in [-0.15, -0.1) is 0 Å². The third-order valence-corrected chi connectivity index (χ3v) is 4.95. The Morgan fingerprint density at radius 1 is 1.15 bits per heavy atom. The summed E-state index contributed by atoms with van der Waals surface area (Å²) in [7, 11) is 0. The van der Waals surface area contributed by atoms with Crippen LogP contribution < -0.4 is 0 Å². The fourth-order valence-electron chi connectivity index (χ4n) is 3.78. The number of ether oxygens (including phenoxy) is 1. The van der Waals surface area contributed by atoms with E-state index in [9.17, 15) is 4.79 Å². The maximum atomic E-state index is 12.9. The van der Waals surface area contributed by atoms with Crippen LogP contribution in [-0.4, -0.2) is 60.6 Å². The number of amides is 1. The zero-order chi connectivity index (χ0) is 13.9. The van der Waals surface area contributed by atoms with Crippen molar-refractivity contribution in [2.45, 2.75) is 57.6 Å². The van der Waals surface area contributed by atoms with Crippen molar-refractivity contribution < 1.29 is 9.53 Å². The molecule has 20 heavy (non-hydrogen) atoms. The fraction of sp³-hybridized carbons (Fsp3) is 0.938. The smallest absolute Gasteiger partial charge is 0.240 e. The van der Waals surface area contributed by atoms with E-state index in [1.807, 2.05) is 6.92 Å². The summed E-state index contributed by atoms with van der Waals surface area (Å²) in [4.78, 5) is 17.5. The molecule has 0 aromatic carbocycles. The molecule has 4 heteroatoms. The first-order valence-electron chi connectivity index (χ1n) is 8.44. The highest BCUT2D eigenvalue weighted by Crippen LogP contribution is 2.37. The van der Waals surface area contributed by atoms with Gasteiger partial charge in [0.2, 0.25) is 5.91 Å². The predicted molar refractivity (Wildman–Crippen MR) is 78.5 cm³/mol. The second kappa shape index (κ2) is 6.44. The van der Waals surface area contributed by atoms with Crippen LogP contribution >= 0.6 is 0 Å². The van der Waals surface area contributed by atoms with Crippen molar-refractivity contribution in [2.24, 2.45) is 5.92 Å². The number of hydrogen-bond acceptors (Lipinski definition) is 3. The van der Waals surface area contributed by atoms with E-state index >= 15 is 0 Å². The first kappa shape index (κ1) is 14.3. The number of piperidine rings is 1. The highest BCUT2D eigenvalue weighted by Gasteiger charge is 2.43. The van der Waals surface area contributed by atoms with Gasteiger partial charge >= 0.3 is 0 Å². The van der Waals surface area contributed by atoms with Crippen molar-refractivity contribution in [1.82, 2.24) is 9.80 Å². The molecule has 1 saturated carbocycles. The lowest BCUT2D eigenvalue weighted by Crippen LogP contribution is -2.53. The molecule has 2 saturated heterocycles. The SMILES string of the molecule is CCO[C@H]1CCCN(C(=O)[C@@H](C2CC2)N2CCCC2)C1. The molecule has 3 aliphatic rings. The molecular formula is C16H28N2O2. The van der Waals surface area contributed by atoms with Crippen LogP contribution in [0.5, 0.6) is 0 Å². The first-order chi connectivity index (χ1) is 9.79. The molecular weight excluding hydrogens is 252 g/mol. The minimum Gasteiger partial charge on any atom is -0.377 e. The summed E-state index contributed by atoms with van der Waals surface area (Å²) in [6.45, 7) is 6.78. The van der Waals surface area contributed by atoms with Crippen LogP contribution in [0.2, 0.25) is 0 Å². The number of nitrogens with zero attached hydrogens (tertiary/aromatic N) is 2. The minimum atomic E-state index is 0.179. The van der Waals surface area contributed by atoms with Crippen LogP contribution in [0.25, 0.3) is 0 Å². The largest absolute Gasteiger partial charge is 0.377 e. The van der Waals surface area contributed by atoms with E-state index in [2.05, 4.69) is 9.80 Å². The van der Waals surface area contributed by atoms with Crippen molar-refractivity contribution >= 4 is 5.91 Å². The molecule has 3 fully saturated rings. The predicted octanol–water partition coefficient (Wildman–Crippen LogP) is 1.89. The fourth-order valence-corrected chi connectivity index (χ4v) is 3.78. The third kappa shape index (κ3) is 3.17. The Hall–Kier alpha value is -0.610. The van der Waals surface area contributed by atoms with Gasteiger partial charge < -0.3 is 9.64 Å². The van der Waals surface area contributed by atoms with E-state index < -0.39 is 0 Å². The normalized spacial score (nSPS) is 29.6. The monoisotopic (exact) mass is 280 g/mol. The lowest BCUT2D eigenvalue weighted by Gasteiger charge is -2.37. The standard InChI is InChI=1S/C16H28N2O2/c1-2-20-14-6-5-11-18(12-14)16(19)15(13-7-8-13)17-9-3-4-10-17/h13-15H,2-12H2,1H3/t14-,15+/m0/s1. The Kier molecular flexibility index (Phi) is 4.61. The van der Waals surface area contributed by atoms with E-state index in [0.717, 1.165) is 45.6 Å². The van der Waals surface area contributed by atoms with Crippen molar-refractivity contribution in [3.05, 3.63) is 0 Å². The molecule has 0 N–H and O–H groups in total. The summed E-state index contributed by atoms with van der Waals surface area (Å²) in [5.74, 6) is 1.02. The topological polar surface area (TPSA) is 32.8 Å². The number of likely N-dealkylation sites (tertiary alicyclic amines) is 2. The molecule has 0 aromatic heterocycles. The average molecular weight is 280 g/mol. The van der Waals surface area contributed by atoms with Gasteiger partial charge in [-0.2, -0.15) is 0 Å². The molecule has 0 spiro atoms. The summed E-state index contributed by atoms with van der Waals surface area (Å²) in [6.07, 6.45) is 7.47. The zero-order valence-corrected chi connectivity index (χ0v) is 12.7. The van der Waals surface area contributed by atoms with Crippen molar-refractivity contribution in [3.8, 4) is 0 Å². The van der Waals surface area contributed by atoms with E-state index in [1.165, 1.54) is 25.7 Å². The molecule has 1 aliphatic carbocycles. The van der Waals surface area contributed by atoms with Crippen molar-refractivity contribution in [3.63, 3.8) is 0 Å². The lowest BCUT2D eigenvalue weighted by molar-refractivity contribution is -0.141. The van der Waals surface area contributed by atoms with Crippen LogP contribution in [0.3, 0.4) is 0 Å². The molecule has 1 amide bonds. The Morgan fingerprint density at radius 3 is 2.55 bits per heavy atom. The van der Waals surface area contributed by atoms with E-state index in [1.54, 1.807) is 0 Å². The summed E-state index contributed by atoms with van der Waals surface area (Å²) < 4.78 is 5.74. The summed E-state index contributed by atoms with van der Waals surface area (Å²) in [5.41, 5.74) is 0. The molecule has 2 atom stereocenters. The average Bonchev–Trinajstić information content (AvgIpc) is 3.14. The van der Waals surface area contributed by atoms with Gasteiger partial charge in [-0.25, -0.2) is 0 Å². The molecule has 0 aromatic rings. The van der Waals surface area contributed by atoms with Gasteiger partial charge in [-0.05, 0) is 64.5 Å². The van der Waals surface area contributed by atoms with E-state index in [0.29, 0.717) is 11.8 Å². The number of carbonyl (C=O) groups excluding carboxylic acids is 1. The van der Waals surface area contributed by atoms with E-state index in [-0.39, 0.29) is 12.1 Å². The van der Waals surface area contributed by atoms with Crippen molar-refractivity contribution in [1.29, 1.82) is 0 Å². The quantitative estimate of drug-likeness (QED) is 0.771. The molecule has 3 rings (SSSR count). The van der Waals surface area contributed by atoms with Crippen molar-refractivity contribution in [2.75, 3.05) is 32.8 Å². The van der Waals surface area contributed by atoms with Gasteiger partial charge in [-0.1, -0.05) is 0 Å². The molecule has 0 unspecified atom stereocenters. The van der Waals surface area contributed by atoms with Crippen LogP contribution in [0, 0.1) is 5.92 Å². The maximum Gasteiger partial charge on any atom is 0.240 e. The van der Waals surface area contributed by atoms with Crippen LogP contribution in [-0.2, 0) is 9.53 Å². The molecule has 114 valence electrons. The molecule has 2 heterocycles. The summed E-state index contributed by atoms with van der Waals surface area (Å²) in [6, 6.07) is 0.179. The molecule has 0 bridgehead atoms. The second-order valence-corrected chi connectivity index (χ2v) is 6.53. The lowest BCUT2D eigenvalue weighted by atomic mass is 10.0. The van der Waals surface area contributed by atoms with Gasteiger partial charge in [0, 0.05) is 19.7 Å². The summed E-state index contributed by atoms with van der Waals surface area (Å²) >= 11 is 0. The Balaban J connectivity index is 1.63. The van der Waals surface area contributed by atoms with Gasteiger partial charge in [0.05, 0.1) is 12.1 Å². The number of carbonyl (C=O) groups is 1. The third-order valence-electron chi connectivity index (χ3n) is 4.95. The van der Waals surface area contributed by atoms with Gasteiger partial charge in [0.15, 0.2) is 0 Å². The van der Waals surface area contributed by atoms with Gasteiger partial charge in [0.1, 0.15) is 0 Å². The maximum absolute atomic E-state index is 12.9.